The van der Waals surface area contributed by atoms with E-state index in [1.54, 1.807) is 0 Å². The Hall–Kier alpha value is -2.88. The third kappa shape index (κ3) is 3.63. The van der Waals surface area contributed by atoms with Gasteiger partial charge in [0.15, 0.2) is 0 Å². The summed E-state index contributed by atoms with van der Waals surface area (Å²) in [6.07, 6.45) is -2.59. The van der Waals surface area contributed by atoms with Crippen molar-refractivity contribution in [2.45, 2.75) is 19.1 Å². The van der Waals surface area contributed by atoms with Crippen LogP contribution < -0.4 is 16.6 Å². The molecule has 1 aliphatic rings. The molecule has 3 rings (SSSR count). The number of carbonyl (C=O) groups is 1. The third-order valence-corrected chi connectivity index (χ3v) is 3.87. The number of hydrazine groups is 1. The fourth-order valence-electron chi connectivity index (χ4n) is 2.62. The summed E-state index contributed by atoms with van der Waals surface area (Å²) >= 11 is 0. The molecule has 0 bridgehead atoms. The molecule has 1 aromatic carbocycles. The predicted octanol–water partition coefficient (Wildman–Crippen LogP) is 2.18. The Morgan fingerprint density at radius 3 is 2.80 bits per heavy atom. The molecule has 2 amide bonds. The number of carbonyl (C=O) groups excluding carboxylic acids is 1. The summed E-state index contributed by atoms with van der Waals surface area (Å²) in [5.41, 5.74) is 2.94. The fraction of sp³-hybridized carbons (Fsp3) is 0.267. The number of fused-ring (bicyclic) bond motifs is 1. The lowest BCUT2D eigenvalue weighted by atomic mass is 10.1. The summed E-state index contributed by atoms with van der Waals surface area (Å²) in [4.78, 5) is 21.5. The molecule has 0 fully saturated rings. The van der Waals surface area contributed by atoms with Crippen molar-refractivity contribution >= 4 is 17.5 Å². The number of aromatic nitrogens is 2. The van der Waals surface area contributed by atoms with Crippen molar-refractivity contribution < 1.29 is 18.0 Å². The number of nitrogens with zero attached hydrogens (tertiary/aromatic N) is 3. The smallest absolute Gasteiger partial charge is 0.340 e. The van der Waals surface area contributed by atoms with Gasteiger partial charge in [0.25, 0.3) is 0 Å². The first kappa shape index (κ1) is 17.0. The number of hydrogen-bond acceptors (Lipinski definition) is 5. The van der Waals surface area contributed by atoms with Gasteiger partial charge in [-0.3, -0.25) is 5.43 Å². The van der Waals surface area contributed by atoms with Gasteiger partial charge in [-0.1, -0.05) is 6.07 Å². The van der Waals surface area contributed by atoms with Crippen molar-refractivity contribution in [3.63, 3.8) is 0 Å². The van der Waals surface area contributed by atoms with Gasteiger partial charge < -0.3 is 10.2 Å². The van der Waals surface area contributed by atoms with Crippen LogP contribution in [0.4, 0.5) is 29.5 Å². The maximum Gasteiger partial charge on any atom is 0.416 e. The van der Waals surface area contributed by atoms with E-state index in [1.807, 2.05) is 0 Å². The van der Waals surface area contributed by atoms with Crippen molar-refractivity contribution in [1.82, 2.24) is 20.3 Å². The molecule has 7 nitrogen and oxygen atoms in total. The van der Waals surface area contributed by atoms with Gasteiger partial charge in [-0.2, -0.15) is 13.2 Å². The van der Waals surface area contributed by atoms with E-state index >= 15 is 0 Å². The van der Waals surface area contributed by atoms with Gasteiger partial charge >= 0.3 is 12.2 Å². The van der Waals surface area contributed by atoms with Crippen molar-refractivity contribution in [1.29, 1.82) is 0 Å². The Morgan fingerprint density at radius 1 is 1.28 bits per heavy atom. The van der Waals surface area contributed by atoms with Crippen molar-refractivity contribution in [2.75, 3.05) is 11.9 Å². The first-order chi connectivity index (χ1) is 11.9. The second-order valence-corrected chi connectivity index (χ2v) is 5.47. The van der Waals surface area contributed by atoms with Crippen LogP contribution in [-0.4, -0.2) is 27.4 Å². The van der Waals surface area contributed by atoms with Gasteiger partial charge in [-0.15, -0.1) is 0 Å². The summed E-state index contributed by atoms with van der Waals surface area (Å²) in [5, 5.41) is 2.88. The summed E-state index contributed by atoms with van der Waals surface area (Å²) in [7, 11) is 0. The minimum Gasteiger partial charge on any atom is -0.340 e. The number of urea groups is 1. The Labute approximate surface area is 141 Å². The van der Waals surface area contributed by atoms with E-state index in [1.165, 1.54) is 23.4 Å². The normalized spacial score (nSPS) is 14.0. The zero-order chi connectivity index (χ0) is 18.0. The van der Waals surface area contributed by atoms with Gasteiger partial charge in [-0.25, -0.2) is 20.6 Å². The zero-order valence-electron chi connectivity index (χ0n) is 13.0. The molecule has 0 spiro atoms. The van der Waals surface area contributed by atoms with Gasteiger partial charge in [-0.05, 0) is 18.2 Å². The fourth-order valence-corrected chi connectivity index (χ4v) is 2.62. The van der Waals surface area contributed by atoms with Crippen LogP contribution in [0, 0.1) is 0 Å². The molecular formula is C15H15F3N6O. The molecule has 0 aliphatic carbocycles. The Morgan fingerprint density at radius 2 is 2.08 bits per heavy atom. The van der Waals surface area contributed by atoms with Crippen molar-refractivity contribution in [3.8, 4) is 0 Å². The van der Waals surface area contributed by atoms with Gasteiger partial charge in [0.1, 0.15) is 12.1 Å². The quantitative estimate of drug-likeness (QED) is 0.437. The SMILES string of the molecule is NNC(=O)N1CCc2ncnc(Nc3cccc(C(F)(F)F)c3)c2C1. The number of anilines is 2. The maximum atomic E-state index is 12.8. The Kier molecular flexibility index (Phi) is 4.45. The van der Waals surface area contributed by atoms with E-state index in [2.05, 4.69) is 20.7 Å². The van der Waals surface area contributed by atoms with E-state index in [0.29, 0.717) is 24.3 Å². The molecule has 0 unspecified atom stereocenters. The van der Waals surface area contributed by atoms with Crippen LogP contribution >= 0.6 is 0 Å². The Balaban J connectivity index is 1.89. The second kappa shape index (κ2) is 6.55. The van der Waals surface area contributed by atoms with Crippen molar-refractivity contribution in [2.24, 2.45) is 5.84 Å². The van der Waals surface area contributed by atoms with E-state index in [4.69, 9.17) is 5.84 Å². The van der Waals surface area contributed by atoms with E-state index in [-0.39, 0.29) is 12.2 Å². The highest BCUT2D eigenvalue weighted by atomic mass is 19.4. The molecule has 10 heteroatoms. The summed E-state index contributed by atoms with van der Waals surface area (Å²) in [6.45, 7) is 0.649. The maximum absolute atomic E-state index is 12.8. The molecule has 0 radical (unpaired) electrons. The highest BCUT2D eigenvalue weighted by molar-refractivity contribution is 5.74. The van der Waals surface area contributed by atoms with Crippen LogP contribution in [0.5, 0.6) is 0 Å². The highest BCUT2D eigenvalue weighted by Gasteiger charge is 2.30. The Bertz CT molecular complexity index is 795. The molecule has 4 N–H and O–H groups in total. The number of halogens is 3. The zero-order valence-corrected chi connectivity index (χ0v) is 13.0. The standard InChI is InChI=1S/C15H15F3N6O/c16-15(17,18)9-2-1-3-10(6-9)22-13-11-7-24(14(25)23-19)5-4-12(11)20-8-21-13/h1-3,6,8H,4-5,7,19H2,(H,23,25)(H,20,21,22). The average molecular weight is 352 g/mol. The van der Waals surface area contributed by atoms with E-state index in [0.717, 1.165) is 17.8 Å². The number of nitrogens with two attached hydrogens (primary N) is 1. The molecule has 2 heterocycles. The average Bonchev–Trinajstić information content (AvgIpc) is 2.60. The second-order valence-electron chi connectivity index (χ2n) is 5.47. The van der Waals surface area contributed by atoms with Crippen molar-refractivity contribution in [3.05, 3.63) is 47.4 Å². The molecule has 1 aromatic heterocycles. The lowest BCUT2D eigenvalue weighted by Gasteiger charge is -2.28. The van der Waals surface area contributed by atoms with Crippen LogP contribution in [0.3, 0.4) is 0 Å². The molecule has 0 saturated carbocycles. The molecule has 2 aromatic rings. The molecule has 132 valence electrons. The largest absolute Gasteiger partial charge is 0.416 e. The number of nitrogens with one attached hydrogen (secondary N) is 2. The summed E-state index contributed by atoms with van der Waals surface area (Å²) < 4.78 is 38.5. The molecule has 25 heavy (non-hydrogen) atoms. The van der Waals surface area contributed by atoms with Gasteiger partial charge in [0.2, 0.25) is 0 Å². The number of alkyl halides is 3. The van der Waals surface area contributed by atoms with E-state index < -0.39 is 17.8 Å². The highest BCUT2D eigenvalue weighted by Crippen LogP contribution is 2.32. The molecule has 1 aliphatic heterocycles. The minimum absolute atomic E-state index is 0.209. The lowest BCUT2D eigenvalue weighted by molar-refractivity contribution is -0.137. The first-order valence-corrected chi connectivity index (χ1v) is 7.41. The molecule has 0 atom stereocenters. The number of benzene rings is 1. The number of amides is 2. The summed E-state index contributed by atoms with van der Waals surface area (Å²) in [6, 6.07) is 4.37. The predicted molar refractivity (Wildman–Crippen MR) is 83.6 cm³/mol. The molecule has 0 saturated heterocycles. The van der Waals surface area contributed by atoms with Crippen LogP contribution in [0.2, 0.25) is 0 Å². The third-order valence-electron chi connectivity index (χ3n) is 3.87. The monoisotopic (exact) mass is 352 g/mol. The lowest BCUT2D eigenvalue weighted by Crippen LogP contribution is -2.45. The van der Waals surface area contributed by atoms with Crippen LogP contribution in [0.1, 0.15) is 16.8 Å². The number of hydrogen-bond donors (Lipinski definition) is 3. The first-order valence-electron chi connectivity index (χ1n) is 7.41. The number of rotatable bonds is 2. The topological polar surface area (TPSA) is 96.2 Å². The molecular weight excluding hydrogens is 337 g/mol. The van der Waals surface area contributed by atoms with Crippen LogP contribution in [0.15, 0.2) is 30.6 Å². The van der Waals surface area contributed by atoms with Gasteiger partial charge in [0, 0.05) is 24.2 Å². The van der Waals surface area contributed by atoms with Gasteiger partial charge in [0.05, 0.1) is 17.8 Å². The van der Waals surface area contributed by atoms with E-state index in [9.17, 15) is 18.0 Å². The summed E-state index contributed by atoms with van der Waals surface area (Å²) in [5.74, 6) is 5.51. The minimum atomic E-state index is -4.43. The van der Waals surface area contributed by atoms with Crippen LogP contribution in [-0.2, 0) is 19.1 Å². The van der Waals surface area contributed by atoms with Crippen LogP contribution in [0.25, 0.3) is 0 Å².